The van der Waals surface area contributed by atoms with Crippen LogP contribution in [-0.4, -0.2) is 38.7 Å². The Morgan fingerprint density at radius 3 is 2.58 bits per heavy atom. The molecule has 0 N–H and O–H groups in total. The zero-order valence-electron chi connectivity index (χ0n) is 14.5. The van der Waals surface area contributed by atoms with Crippen molar-refractivity contribution in [3.05, 3.63) is 72.7 Å². The molecule has 0 bridgehead atoms. The smallest absolute Gasteiger partial charge is 0.246 e. The largest absolute Gasteiger partial charge is 0.339 e. The monoisotopic (exact) mass is 344 g/mol. The Morgan fingerprint density at radius 1 is 1.04 bits per heavy atom. The van der Waals surface area contributed by atoms with Gasteiger partial charge in [0.25, 0.3) is 0 Å². The molecule has 1 aliphatic rings. The molecule has 0 saturated carbocycles. The van der Waals surface area contributed by atoms with E-state index in [4.69, 9.17) is 5.10 Å². The van der Waals surface area contributed by atoms with Crippen LogP contribution in [-0.2, 0) is 4.79 Å². The van der Waals surface area contributed by atoms with Crippen LogP contribution in [0, 0.1) is 0 Å². The third-order valence-electron chi connectivity index (χ3n) is 4.52. The predicted molar refractivity (Wildman–Crippen MR) is 102 cm³/mol. The zero-order valence-corrected chi connectivity index (χ0v) is 14.5. The molecule has 0 unspecified atom stereocenters. The van der Waals surface area contributed by atoms with Gasteiger partial charge >= 0.3 is 0 Å². The van der Waals surface area contributed by atoms with Crippen molar-refractivity contribution < 1.29 is 4.79 Å². The van der Waals surface area contributed by atoms with E-state index in [0.29, 0.717) is 0 Å². The minimum absolute atomic E-state index is 0.0621. The van der Waals surface area contributed by atoms with Gasteiger partial charge in [0, 0.05) is 48.9 Å². The summed E-state index contributed by atoms with van der Waals surface area (Å²) in [4.78, 5) is 18.4. The van der Waals surface area contributed by atoms with Crippen molar-refractivity contribution in [1.29, 1.82) is 0 Å². The molecular formula is C21H20N4O. The number of rotatable bonds is 4. The maximum absolute atomic E-state index is 12.3. The first-order valence-corrected chi connectivity index (χ1v) is 8.84. The predicted octanol–water partition coefficient (Wildman–Crippen LogP) is 3.57. The number of hydrogen-bond donors (Lipinski definition) is 0. The molecule has 1 aromatic carbocycles. The van der Waals surface area contributed by atoms with Gasteiger partial charge in [-0.25, -0.2) is 4.68 Å². The molecule has 0 spiro atoms. The molecule has 4 rings (SSSR count). The SMILES string of the molecule is O=C(/C=C/c1cn(-c2ccccc2)nc1-c1cccnc1)N1CCCC1. The van der Waals surface area contributed by atoms with Crippen molar-refractivity contribution >= 4 is 12.0 Å². The number of amides is 1. The summed E-state index contributed by atoms with van der Waals surface area (Å²) in [5.41, 5.74) is 3.61. The lowest BCUT2D eigenvalue weighted by atomic mass is 10.1. The summed E-state index contributed by atoms with van der Waals surface area (Å²) in [5, 5.41) is 4.73. The fourth-order valence-electron chi connectivity index (χ4n) is 3.15. The minimum atomic E-state index is 0.0621. The molecule has 5 nitrogen and oxygen atoms in total. The molecule has 1 saturated heterocycles. The van der Waals surface area contributed by atoms with Crippen molar-refractivity contribution in [2.24, 2.45) is 0 Å². The summed E-state index contributed by atoms with van der Waals surface area (Å²) in [6.07, 6.45) is 11.2. The van der Waals surface area contributed by atoms with Crippen LogP contribution in [0.1, 0.15) is 18.4 Å². The van der Waals surface area contributed by atoms with Crippen molar-refractivity contribution in [3.63, 3.8) is 0 Å². The zero-order chi connectivity index (χ0) is 17.8. The number of aromatic nitrogens is 3. The fourth-order valence-corrected chi connectivity index (χ4v) is 3.15. The van der Waals surface area contributed by atoms with Crippen LogP contribution in [0.2, 0.25) is 0 Å². The number of carbonyl (C=O) groups is 1. The van der Waals surface area contributed by atoms with Gasteiger partial charge in [0.15, 0.2) is 0 Å². The van der Waals surface area contributed by atoms with E-state index in [0.717, 1.165) is 48.4 Å². The summed E-state index contributed by atoms with van der Waals surface area (Å²) in [6.45, 7) is 1.70. The Hall–Kier alpha value is -3.21. The summed E-state index contributed by atoms with van der Waals surface area (Å²) in [6, 6.07) is 13.8. The Bertz CT molecular complexity index is 910. The molecule has 0 aliphatic carbocycles. The summed E-state index contributed by atoms with van der Waals surface area (Å²) < 4.78 is 1.84. The number of nitrogens with zero attached hydrogens (tertiary/aromatic N) is 4. The lowest BCUT2D eigenvalue weighted by Crippen LogP contribution is -2.25. The normalized spacial score (nSPS) is 14.2. The molecule has 3 aromatic rings. The lowest BCUT2D eigenvalue weighted by Gasteiger charge is -2.11. The standard InChI is InChI=1S/C21H20N4O/c26-20(24-13-4-5-14-24)11-10-18-16-25(19-8-2-1-3-9-19)23-21(18)17-7-6-12-22-15-17/h1-3,6-12,15-16H,4-5,13-14H2/b11-10+. The Balaban J connectivity index is 1.70. The van der Waals surface area contributed by atoms with E-state index in [-0.39, 0.29) is 5.91 Å². The van der Waals surface area contributed by atoms with Gasteiger partial charge in [-0.15, -0.1) is 0 Å². The summed E-state index contributed by atoms with van der Waals surface area (Å²) >= 11 is 0. The molecule has 2 aromatic heterocycles. The van der Waals surface area contributed by atoms with E-state index in [1.165, 1.54) is 0 Å². The summed E-state index contributed by atoms with van der Waals surface area (Å²) in [7, 11) is 0. The van der Waals surface area contributed by atoms with Gasteiger partial charge < -0.3 is 4.90 Å². The molecule has 0 radical (unpaired) electrons. The topological polar surface area (TPSA) is 51.0 Å². The number of hydrogen-bond acceptors (Lipinski definition) is 3. The van der Waals surface area contributed by atoms with Crippen LogP contribution in [0.25, 0.3) is 23.0 Å². The van der Waals surface area contributed by atoms with E-state index < -0.39 is 0 Å². The van der Waals surface area contributed by atoms with E-state index in [2.05, 4.69) is 4.98 Å². The van der Waals surface area contributed by atoms with Crippen LogP contribution in [0.3, 0.4) is 0 Å². The van der Waals surface area contributed by atoms with Crippen LogP contribution in [0.4, 0.5) is 0 Å². The quantitative estimate of drug-likeness (QED) is 0.680. The highest BCUT2D eigenvalue weighted by Crippen LogP contribution is 2.24. The number of likely N-dealkylation sites (tertiary alicyclic amines) is 1. The number of benzene rings is 1. The Morgan fingerprint density at radius 2 is 1.85 bits per heavy atom. The van der Waals surface area contributed by atoms with Gasteiger partial charge in [0.2, 0.25) is 5.91 Å². The number of pyridine rings is 1. The highest BCUT2D eigenvalue weighted by atomic mass is 16.2. The van der Waals surface area contributed by atoms with Gasteiger partial charge in [-0.3, -0.25) is 9.78 Å². The summed E-state index contributed by atoms with van der Waals surface area (Å²) in [5.74, 6) is 0.0621. The molecule has 1 amide bonds. The molecule has 5 heteroatoms. The first kappa shape index (κ1) is 16.3. The van der Waals surface area contributed by atoms with Crippen LogP contribution in [0.15, 0.2) is 67.1 Å². The van der Waals surface area contributed by atoms with Gasteiger partial charge in [-0.05, 0) is 43.2 Å². The van der Waals surface area contributed by atoms with Crippen molar-refractivity contribution in [2.45, 2.75) is 12.8 Å². The maximum atomic E-state index is 12.3. The molecule has 26 heavy (non-hydrogen) atoms. The molecular weight excluding hydrogens is 324 g/mol. The molecule has 0 atom stereocenters. The van der Waals surface area contributed by atoms with E-state index in [1.54, 1.807) is 18.5 Å². The van der Waals surface area contributed by atoms with Gasteiger partial charge in [-0.1, -0.05) is 18.2 Å². The van der Waals surface area contributed by atoms with E-state index in [9.17, 15) is 4.79 Å². The molecule has 130 valence electrons. The molecule has 1 fully saturated rings. The third-order valence-corrected chi connectivity index (χ3v) is 4.52. The minimum Gasteiger partial charge on any atom is -0.339 e. The van der Waals surface area contributed by atoms with Crippen molar-refractivity contribution in [2.75, 3.05) is 13.1 Å². The second kappa shape index (κ2) is 7.35. The van der Waals surface area contributed by atoms with Crippen LogP contribution >= 0.6 is 0 Å². The van der Waals surface area contributed by atoms with Gasteiger partial charge in [0.1, 0.15) is 5.69 Å². The van der Waals surface area contributed by atoms with Gasteiger partial charge in [0.05, 0.1) is 5.69 Å². The van der Waals surface area contributed by atoms with E-state index >= 15 is 0 Å². The highest BCUT2D eigenvalue weighted by molar-refractivity contribution is 5.93. The third kappa shape index (κ3) is 3.42. The first-order valence-electron chi connectivity index (χ1n) is 8.84. The Labute approximate surface area is 152 Å². The van der Waals surface area contributed by atoms with Crippen LogP contribution < -0.4 is 0 Å². The maximum Gasteiger partial charge on any atom is 0.246 e. The second-order valence-electron chi connectivity index (χ2n) is 6.32. The van der Waals surface area contributed by atoms with E-state index in [1.807, 2.05) is 64.3 Å². The number of para-hydroxylation sites is 1. The van der Waals surface area contributed by atoms with Crippen LogP contribution in [0.5, 0.6) is 0 Å². The first-order chi connectivity index (χ1) is 12.8. The van der Waals surface area contributed by atoms with Crippen molar-refractivity contribution in [1.82, 2.24) is 19.7 Å². The molecule has 3 heterocycles. The lowest BCUT2D eigenvalue weighted by molar-refractivity contribution is -0.124. The fraction of sp³-hybridized carbons (Fsp3) is 0.190. The highest BCUT2D eigenvalue weighted by Gasteiger charge is 2.16. The van der Waals surface area contributed by atoms with Gasteiger partial charge in [-0.2, -0.15) is 5.10 Å². The van der Waals surface area contributed by atoms with Crippen molar-refractivity contribution in [3.8, 4) is 16.9 Å². The second-order valence-corrected chi connectivity index (χ2v) is 6.32. The molecule has 1 aliphatic heterocycles. The average Bonchev–Trinajstić information content (AvgIpc) is 3.38. The Kier molecular flexibility index (Phi) is 4.60. The average molecular weight is 344 g/mol. The number of carbonyl (C=O) groups excluding carboxylic acids is 1.